The van der Waals surface area contributed by atoms with Crippen LogP contribution in [-0.4, -0.2) is 61.6 Å². The summed E-state index contributed by atoms with van der Waals surface area (Å²) in [6, 6.07) is 3.78. The zero-order valence-electron chi connectivity index (χ0n) is 21.8. The molecule has 5 heterocycles. The second kappa shape index (κ2) is 9.45. The van der Waals surface area contributed by atoms with Crippen molar-refractivity contribution in [1.82, 2.24) is 30.2 Å². The summed E-state index contributed by atoms with van der Waals surface area (Å²) in [7, 11) is 0. The number of fused-ring (bicyclic) bond motifs is 6. The number of nitrogens with zero attached hydrogens (tertiary/aromatic N) is 5. The van der Waals surface area contributed by atoms with Crippen LogP contribution in [0, 0.1) is 0 Å². The molecule has 2 N–H and O–H groups in total. The second-order valence-electron chi connectivity index (χ2n) is 10.6. The summed E-state index contributed by atoms with van der Waals surface area (Å²) < 4.78 is 12.6. The number of ether oxygens (including phenoxy) is 2. The van der Waals surface area contributed by atoms with Crippen molar-refractivity contribution in [1.29, 1.82) is 0 Å². The van der Waals surface area contributed by atoms with E-state index in [1.165, 1.54) is 17.5 Å². The van der Waals surface area contributed by atoms with Gasteiger partial charge in [0.05, 0.1) is 40.7 Å². The normalized spacial score (nSPS) is 17.2. The van der Waals surface area contributed by atoms with Crippen molar-refractivity contribution < 1.29 is 19.1 Å². The van der Waals surface area contributed by atoms with Gasteiger partial charge in [0.15, 0.2) is 0 Å². The first-order chi connectivity index (χ1) is 18.6. The number of halogens is 1. The van der Waals surface area contributed by atoms with Crippen molar-refractivity contribution in [3.8, 4) is 11.8 Å². The summed E-state index contributed by atoms with van der Waals surface area (Å²) in [5.74, 6) is 0.328. The van der Waals surface area contributed by atoms with E-state index in [0.29, 0.717) is 46.7 Å². The van der Waals surface area contributed by atoms with Crippen molar-refractivity contribution in [3.63, 3.8) is 0 Å². The Kier molecular flexibility index (Phi) is 6.18. The van der Waals surface area contributed by atoms with Gasteiger partial charge in [-0.25, -0.2) is 19.7 Å². The van der Waals surface area contributed by atoms with E-state index in [1.807, 2.05) is 39.8 Å². The molecule has 0 spiro atoms. The molecule has 2 aliphatic heterocycles. The Morgan fingerprint density at radius 3 is 2.85 bits per heavy atom. The summed E-state index contributed by atoms with van der Waals surface area (Å²) >= 11 is 7.62. The number of anilines is 1. The van der Waals surface area contributed by atoms with Crippen LogP contribution >= 0.6 is 22.9 Å². The highest BCUT2D eigenvalue weighted by Crippen LogP contribution is 2.40. The van der Waals surface area contributed by atoms with E-state index in [0.717, 1.165) is 15.8 Å². The lowest BCUT2D eigenvalue weighted by atomic mass is 10.1. The minimum atomic E-state index is -0.613. The molecule has 0 fully saturated rings. The van der Waals surface area contributed by atoms with Gasteiger partial charge in [0.1, 0.15) is 10.5 Å². The molecule has 4 aromatic rings. The fourth-order valence-corrected chi connectivity index (χ4v) is 5.91. The third-order valence-electron chi connectivity index (χ3n) is 6.36. The number of aromatic nitrogens is 4. The van der Waals surface area contributed by atoms with E-state index in [1.54, 1.807) is 4.90 Å². The number of carbonyl (C=O) groups excluding carboxylic acids is 2. The van der Waals surface area contributed by atoms with Crippen molar-refractivity contribution in [2.45, 2.75) is 52.3 Å². The Hall–Kier alpha value is -3.77. The fraction of sp³-hybridized carbons (Fsp3) is 0.385. The molecule has 39 heavy (non-hydrogen) atoms. The average molecular weight is 568 g/mol. The number of benzene rings is 1. The molecule has 0 unspecified atom stereocenters. The van der Waals surface area contributed by atoms with Crippen LogP contribution in [0.25, 0.3) is 21.1 Å². The Balaban J connectivity index is 1.34. The van der Waals surface area contributed by atoms with Gasteiger partial charge in [-0.15, -0.1) is 11.3 Å². The quantitative estimate of drug-likeness (QED) is 0.324. The number of hydrogen-bond donors (Lipinski definition) is 2. The highest BCUT2D eigenvalue weighted by Gasteiger charge is 2.30. The molecular weight excluding hydrogens is 542 g/mol. The van der Waals surface area contributed by atoms with Crippen LogP contribution in [0.2, 0.25) is 5.28 Å². The molecule has 1 atom stereocenters. The first-order valence-corrected chi connectivity index (χ1v) is 13.7. The molecule has 202 valence electrons. The molecule has 0 bridgehead atoms. The highest BCUT2D eigenvalue weighted by atomic mass is 35.5. The molecule has 13 heteroatoms. The van der Waals surface area contributed by atoms with Crippen LogP contribution < -0.4 is 15.4 Å². The van der Waals surface area contributed by atoms with Crippen molar-refractivity contribution in [2.75, 3.05) is 18.4 Å². The molecule has 0 radical (unpaired) electrons. The molecule has 2 amide bonds. The van der Waals surface area contributed by atoms with Crippen LogP contribution in [0.5, 0.6) is 11.8 Å². The summed E-state index contributed by atoms with van der Waals surface area (Å²) in [6.07, 6.45) is 1.58. The number of thiophene rings is 1. The van der Waals surface area contributed by atoms with Gasteiger partial charge in [0.25, 0.3) is 5.91 Å². The maximum Gasteiger partial charge on any atom is 0.410 e. The summed E-state index contributed by atoms with van der Waals surface area (Å²) in [5.41, 5.74) is 2.76. The van der Waals surface area contributed by atoms with Gasteiger partial charge in [-0.05, 0) is 51.4 Å². The summed E-state index contributed by atoms with van der Waals surface area (Å²) in [5, 5.41) is 7.29. The number of nitrogens with one attached hydrogen (secondary N) is 2. The van der Waals surface area contributed by atoms with Crippen LogP contribution in [0.15, 0.2) is 18.3 Å². The average Bonchev–Trinajstić information content (AvgIpc) is 3.18. The molecule has 0 saturated carbocycles. The highest BCUT2D eigenvalue weighted by molar-refractivity contribution is 7.21. The van der Waals surface area contributed by atoms with Gasteiger partial charge in [0, 0.05) is 35.6 Å². The molecular formula is C26H26ClN7O4S. The Morgan fingerprint density at radius 2 is 2.05 bits per heavy atom. The van der Waals surface area contributed by atoms with Gasteiger partial charge in [0.2, 0.25) is 17.0 Å². The summed E-state index contributed by atoms with van der Waals surface area (Å²) in [6.45, 7) is 8.69. The van der Waals surface area contributed by atoms with Crippen LogP contribution in [0.1, 0.15) is 48.6 Å². The third kappa shape index (κ3) is 4.89. The predicted molar refractivity (Wildman–Crippen MR) is 148 cm³/mol. The summed E-state index contributed by atoms with van der Waals surface area (Å²) in [4.78, 5) is 45.6. The van der Waals surface area contributed by atoms with Gasteiger partial charge >= 0.3 is 6.09 Å². The van der Waals surface area contributed by atoms with E-state index in [2.05, 4.69) is 30.6 Å². The number of amides is 2. The molecule has 3 aromatic heterocycles. The van der Waals surface area contributed by atoms with Crippen LogP contribution in [0.4, 0.5) is 10.5 Å². The number of carbonyl (C=O) groups is 2. The van der Waals surface area contributed by atoms with Crippen molar-refractivity contribution in [3.05, 3.63) is 39.7 Å². The molecule has 1 aromatic carbocycles. The van der Waals surface area contributed by atoms with Gasteiger partial charge in [-0.3, -0.25) is 4.79 Å². The van der Waals surface area contributed by atoms with Crippen LogP contribution in [0.3, 0.4) is 0 Å². The first kappa shape index (κ1) is 25.5. The smallest absolute Gasteiger partial charge is 0.410 e. The Morgan fingerprint density at radius 1 is 1.23 bits per heavy atom. The molecule has 0 aliphatic carbocycles. The second-order valence-corrected chi connectivity index (χ2v) is 11.9. The number of rotatable bonds is 2. The lowest BCUT2D eigenvalue weighted by Crippen LogP contribution is -2.40. The maximum absolute atomic E-state index is 12.7. The lowest BCUT2D eigenvalue weighted by molar-refractivity contribution is 0.0221. The van der Waals surface area contributed by atoms with Crippen molar-refractivity contribution in [2.24, 2.45) is 0 Å². The predicted octanol–water partition coefficient (Wildman–Crippen LogP) is 4.92. The van der Waals surface area contributed by atoms with Gasteiger partial charge in [-0.2, -0.15) is 4.98 Å². The maximum atomic E-state index is 12.7. The zero-order chi connectivity index (χ0) is 27.5. The minimum Gasteiger partial charge on any atom is -0.444 e. The van der Waals surface area contributed by atoms with E-state index >= 15 is 0 Å². The van der Waals surface area contributed by atoms with Gasteiger partial charge in [-0.1, -0.05) is 0 Å². The SMILES string of the molecule is C[C@@H]1CNc2c(sc3ccc4nc(Oc5nc(Cl)nc6c5CN(C(=O)OC(C)(C)C)CC6)cnc4c23)C(=O)N1. The van der Waals surface area contributed by atoms with Crippen LogP contribution in [-0.2, 0) is 17.7 Å². The Bertz CT molecular complexity index is 1650. The third-order valence-corrected chi connectivity index (χ3v) is 7.68. The molecule has 2 aliphatic rings. The molecule has 11 nitrogen and oxygen atoms in total. The van der Waals surface area contributed by atoms with E-state index in [9.17, 15) is 9.59 Å². The topological polar surface area (TPSA) is 131 Å². The lowest BCUT2D eigenvalue weighted by Gasteiger charge is -2.31. The zero-order valence-corrected chi connectivity index (χ0v) is 23.4. The van der Waals surface area contributed by atoms with Crippen molar-refractivity contribution >= 4 is 61.7 Å². The number of hydrogen-bond acceptors (Lipinski definition) is 10. The molecule has 0 saturated heterocycles. The fourth-order valence-electron chi connectivity index (χ4n) is 4.65. The Labute approximate surface area is 232 Å². The largest absolute Gasteiger partial charge is 0.444 e. The van der Waals surface area contributed by atoms with Gasteiger partial charge < -0.3 is 25.0 Å². The van der Waals surface area contributed by atoms with E-state index in [4.69, 9.17) is 21.1 Å². The standard InChI is InChI=1S/C26H26ClN7O4S/c1-12-9-28-20-18-16(39-21(20)22(35)30-12)6-5-15-19(18)29-10-17(31-15)37-23-13-11-34(25(36)38-26(2,3)4)8-7-14(13)32-24(27)33-23/h5-6,10,12,28H,7-9,11H2,1-4H3,(H,30,35)/t12-/m1/s1. The first-order valence-electron chi connectivity index (χ1n) is 12.5. The van der Waals surface area contributed by atoms with E-state index < -0.39 is 11.7 Å². The van der Waals surface area contributed by atoms with E-state index in [-0.39, 0.29) is 35.5 Å². The molecule has 6 rings (SSSR count). The monoisotopic (exact) mass is 567 g/mol. The minimum absolute atomic E-state index is 0.00470.